The Morgan fingerprint density at radius 2 is 2.29 bits per heavy atom. The lowest BCUT2D eigenvalue weighted by molar-refractivity contribution is 0.600. The number of hydrogen-bond acceptors (Lipinski definition) is 4. The molecule has 2 aromatic rings. The SMILES string of the molecule is CN=C(NCc1ccc(C#N)cc1F)NC1CCN(c2ncccc2Cl)C1.I. The molecule has 148 valence electrons. The first-order chi connectivity index (χ1) is 13.1. The van der Waals surface area contributed by atoms with Crippen molar-refractivity contribution >= 4 is 47.4 Å². The van der Waals surface area contributed by atoms with Crippen molar-refractivity contribution in [3.8, 4) is 6.07 Å². The highest BCUT2D eigenvalue weighted by Crippen LogP contribution is 2.25. The Hall–Kier alpha value is -2.12. The molecule has 2 heterocycles. The van der Waals surface area contributed by atoms with Gasteiger partial charge in [0.1, 0.15) is 11.6 Å². The van der Waals surface area contributed by atoms with Crippen molar-refractivity contribution in [2.75, 3.05) is 25.0 Å². The van der Waals surface area contributed by atoms with Crippen molar-refractivity contribution < 1.29 is 4.39 Å². The fourth-order valence-corrected chi connectivity index (χ4v) is 3.25. The van der Waals surface area contributed by atoms with Crippen LogP contribution in [0.25, 0.3) is 0 Å². The smallest absolute Gasteiger partial charge is 0.191 e. The van der Waals surface area contributed by atoms with Gasteiger partial charge in [0.15, 0.2) is 5.96 Å². The predicted octanol–water partition coefficient (Wildman–Crippen LogP) is 3.31. The van der Waals surface area contributed by atoms with Gasteiger partial charge in [-0.2, -0.15) is 5.26 Å². The summed E-state index contributed by atoms with van der Waals surface area (Å²) in [7, 11) is 1.67. The van der Waals surface area contributed by atoms with Gasteiger partial charge in [-0.3, -0.25) is 4.99 Å². The molecule has 0 aliphatic carbocycles. The summed E-state index contributed by atoms with van der Waals surface area (Å²) in [5, 5.41) is 15.9. The maximum absolute atomic E-state index is 14.0. The van der Waals surface area contributed by atoms with Gasteiger partial charge in [0.2, 0.25) is 0 Å². The summed E-state index contributed by atoms with van der Waals surface area (Å²) in [4.78, 5) is 10.7. The van der Waals surface area contributed by atoms with E-state index in [1.807, 2.05) is 18.2 Å². The van der Waals surface area contributed by atoms with Gasteiger partial charge in [-0.05, 0) is 30.7 Å². The first-order valence-corrected chi connectivity index (χ1v) is 8.99. The zero-order chi connectivity index (χ0) is 19.2. The minimum absolute atomic E-state index is 0. The maximum atomic E-state index is 14.0. The third kappa shape index (κ3) is 5.45. The average molecular weight is 515 g/mol. The molecular weight excluding hydrogens is 494 g/mol. The van der Waals surface area contributed by atoms with Crippen LogP contribution in [0.1, 0.15) is 17.5 Å². The van der Waals surface area contributed by atoms with E-state index in [1.54, 1.807) is 25.4 Å². The fraction of sp³-hybridized carbons (Fsp3) is 0.316. The number of rotatable bonds is 4. The molecule has 9 heteroatoms. The first-order valence-electron chi connectivity index (χ1n) is 8.62. The molecule has 1 unspecified atom stereocenters. The number of hydrogen-bond donors (Lipinski definition) is 2. The van der Waals surface area contributed by atoms with E-state index in [4.69, 9.17) is 16.9 Å². The number of nitrogens with zero attached hydrogens (tertiary/aromatic N) is 4. The van der Waals surface area contributed by atoms with Crippen LogP contribution in [0.2, 0.25) is 5.02 Å². The van der Waals surface area contributed by atoms with E-state index in [-0.39, 0.29) is 36.6 Å². The van der Waals surface area contributed by atoms with E-state index in [0.717, 1.165) is 25.3 Å². The number of aliphatic imine (C=N–C) groups is 1. The third-order valence-corrected chi connectivity index (χ3v) is 4.71. The summed E-state index contributed by atoms with van der Waals surface area (Å²) in [5.74, 6) is 0.970. The lowest BCUT2D eigenvalue weighted by atomic mass is 10.1. The summed E-state index contributed by atoms with van der Waals surface area (Å²) < 4.78 is 14.0. The number of nitrogens with one attached hydrogen (secondary N) is 2. The number of halogens is 3. The van der Waals surface area contributed by atoms with Crippen molar-refractivity contribution in [2.45, 2.75) is 19.0 Å². The van der Waals surface area contributed by atoms with E-state index in [2.05, 4.69) is 25.5 Å². The molecule has 0 radical (unpaired) electrons. The van der Waals surface area contributed by atoms with E-state index < -0.39 is 5.82 Å². The van der Waals surface area contributed by atoms with E-state index in [9.17, 15) is 4.39 Å². The van der Waals surface area contributed by atoms with Crippen LogP contribution >= 0.6 is 35.6 Å². The summed E-state index contributed by atoms with van der Waals surface area (Å²) in [6.45, 7) is 1.87. The van der Waals surface area contributed by atoms with Gasteiger partial charge in [-0.1, -0.05) is 17.7 Å². The summed E-state index contributed by atoms with van der Waals surface area (Å²) in [6.07, 6.45) is 2.65. The van der Waals surface area contributed by atoms with E-state index in [0.29, 0.717) is 22.1 Å². The van der Waals surface area contributed by atoms with Gasteiger partial charge < -0.3 is 15.5 Å². The van der Waals surface area contributed by atoms with Gasteiger partial charge in [-0.15, -0.1) is 24.0 Å². The molecule has 3 rings (SSSR count). The summed E-state index contributed by atoms with van der Waals surface area (Å²) in [5.41, 5.74) is 0.781. The number of aromatic nitrogens is 1. The second-order valence-electron chi connectivity index (χ2n) is 6.23. The fourth-order valence-electron chi connectivity index (χ4n) is 3.01. The molecule has 1 atom stereocenters. The molecule has 0 spiro atoms. The highest BCUT2D eigenvalue weighted by atomic mass is 127. The van der Waals surface area contributed by atoms with E-state index >= 15 is 0 Å². The van der Waals surface area contributed by atoms with Crippen molar-refractivity contribution in [1.82, 2.24) is 15.6 Å². The zero-order valence-corrected chi connectivity index (χ0v) is 18.4. The Balaban J connectivity index is 0.00000280. The number of pyridine rings is 1. The van der Waals surface area contributed by atoms with Gasteiger partial charge in [0, 0.05) is 44.5 Å². The molecule has 0 amide bonds. The van der Waals surface area contributed by atoms with Crippen molar-refractivity contribution in [3.05, 3.63) is 58.5 Å². The molecule has 1 aromatic heterocycles. The number of nitriles is 1. The maximum Gasteiger partial charge on any atom is 0.191 e. The quantitative estimate of drug-likeness (QED) is 0.372. The Labute approximate surface area is 185 Å². The molecule has 1 saturated heterocycles. The molecular formula is C19H21ClFIN6. The molecule has 0 saturated carbocycles. The molecule has 1 aliphatic rings. The minimum Gasteiger partial charge on any atom is -0.353 e. The lowest BCUT2D eigenvalue weighted by Gasteiger charge is -2.20. The number of guanidine groups is 1. The van der Waals surface area contributed by atoms with Gasteiger partial charge >= 0.3 is 0 Å². The summed E-state index contributed by atoms with van der Waals surface area (Å²) in [6, 6.07) is 10.2. The largest absolute Gasteiger partial charge is 0.353 e. The molecule has 1 aliphatic heterocycles. The monoisotopic (exact) mass is 514 g/mol. The Kier molecular flexibility index (Phi) is 8.26. The van der Waals surface area contributed by atoms with Crippen LogP contribution in [0.15, 0.2) is 41.5 Å². The topological polar surface area (TPSA) is 76.3 Å². The number of benzene rings is 1. The highest BCUT2D eigenvalue weighted by molar-refractivity contribution is 14.0. The molecule has 2 N–H and O–H groups in total. The van der Waals surface area contributed by atoms with Crippen LogP contribution in [0.4, 0.5) is 10.2 Å². The zero-order valence-electron chi connectivity index (χ0n) is 15.3. The van der Waals surface area contributed by atoms with Crippen molar-refractivity contribution in [1.29, 1.82) is 5.26 Å². The van der Waals surface area contributed by atoms with Crippen LogP contribution < -0.4 is 15.5 Å². The van der Waals surface area contributed by atoms with Crippen LogP contribution in [0.3, 0.4) is 0 Å². The first kappa shape index (κ1) is 22.2. The van der Waals surface area contributed by atoms with Crippen molar-refractivity contribution in [2.24, 2.45) is 4.99 Å². The number of anilines is 1. The predicted molar refractivity (Wildman–Crippen MR) is 120 cm³/mol. The molecule has 28 heavy (non-hydrogen) atoms. The normalized spacial score (nSPS) is 16.3. The third-order valence-electron chi connectivity index (χ3n) is 4.42. The Bertz CT molecular complexity index is 885. The molecule has 1 aromatic carbocycles. The Morgan fingerprint density at radius 1 is 1.46 bits per heavy atom. The Morgan fingerprint density at radius 3 is 2.96 bits per heavy atom. The average Bonchev–Trinajstić information content (AvgIpc) is 3.14. The highest BCUT2D eigenvalue weighted by Gasteiger charge is 2.25. The minimum atomic E-state index is -0.408. The van der Waals surface area contributed by atoms with Gasteiger partial charge in [0.05, 0.1) is 16.7 Å². The second kappa shape index (κ2) is 10.4. The van der Waals surface area contributed by atoms with Crippen LogP contribution in [-0.2, 0) is 6.54 Å². The molecule has 0 bridgehead atoms. The van der Waals surface area contributed by atoms with E-state index in [1.165, 1.54) is 6.07 Å². The summed E-state index contributed by atoms with van der Waals surface area (Å²) >= 11 is 6.22. The van der Waals surface area contributed by atoms with Gasteiger partial charge in [0.25, 0.3) is 0 Å². The molecule has 6 nitrogen and oxygen atoms in total. The van der Waals surface area contributed by atoms with Crippen LogP contribution in [-0.4, -0.2) is 37.1 Å². The van der Waals surface area contributed by atoms with Gasteiger partial charge in [-0.25, -0.2) is 9.37 Å². The lowest BCUT2D eigenvalue weighted by Crippen LogP contribution is -2.44. The van der Waals surface area contributed by atoms with Crippen LogP contribution in [0, 0.1) is 17.1 Å². The van der Waals surface area contributed by atoms with Crippen molar-refractivity contribution in [3.63, 3.8) is 0 Å². The van der Waals surface area contributed by atoms with Crippen LogP contribution in [0.5, 0.6) is 0 Å². The molecule has 1 fully saturated rings. The second-order valence-corrected chi connectivity index (χ2v) is 6.64. The standard InChI is InChI=1S/C19H20ClFN6.HI/c1-23-19(25-11-14-5-4-13(10-22)9-17(14)21)26-15-6-8-27(12-15)18-16(20)3-2-7-24-18;/h2-5,7,9,15H,6,8,11-12H2,1H3,(H2,23,25,26);1H.